The Bertz CT molecular complexity index is 1150. The maximum atomic E-state index is 13.7. The lowest BCUT2D eigenvalue weighted by Gasteiger charge is -2.41. The van der Waals surface area contributed by atoms with Gasteiger partial charge >= 0.3 is 12.1 Å². The molecule has 2 amide bonds. The second-order valence-electron chi connectivity index (χ2n) is 11.8. The van der Waals surface area contributed by atoms with Crippen LogP contribution in [0, 0.1) is 0 Å². The number of carbonyl (C=O) groups is 3. The van der Waals surface area contributed by atoms with Crippen LogP contribution in [0.1, 0.15) is 82.4 Å². The molecule has 2 unspecified atom stereocenters. The van der Waals surface area contributed by atoms with Crippen LogP contribution in [0.15, 0.2) is 54.6 Å². The summed E-state index contributed by atoms with van der Waals surface area (Å²) in [6, 6.07) is 17.7. The van der Waals surface area contributed by atoms with Gasteiger partial charge in [-0.05, 0) is 82.9 Å². The Labute approximate surface area is 232 Å². The van der Waals surface area contributed by atoms with Gasteiger partial charge in [0.25, 0.3) is 0 Å². The van der Waals surface area contributed by atoms with E-state index in [0.29, 0.717) is 32.5 Å². The second kappa shape index (κ2) is 12.2. The van der Waals surface area contributed by atoms with Gasteiger partial charge in [0, 0.05) is 18.5 Å². The largest absolute Gasteiger partial charge is 0.466 e. The number of hydrogen-bond acceptors (Lipinski definition) is 5. The van der Waals surface area contributed by atoms with Crippen molar-refractivity contribution in [1.29, 1.82) is 0 Å². The summed E-state index contributed by atoms with van der Waals surface area (Å²) < 4.78 is 10.9. The number of esters is 1. The molecular weight excluding hydrogens is 492 g/mol. The average molecular weight is 535 g/mol. The topological polar surface area (TPSA) is 84.9 Å². The molecule has 1 heterocycles. The number of likely N-dealkylation sites (tertiary alicyclic amines) is 1. The number of benzene rings is 2. The molecule has 7 nitrogen and oxygen atoms in total. The molecule has 0 bridgehead atoms. The van der Waals surface area contributed by atoms with E-state index >= 15 is 0 Å². The molecule has 2 atom stereocenters. The zero-order chi connectivity index (χ0) is 28.0. The van der Waals surface area contributed by atoms with E-state index in [-0.39, 0.29) is 23.2 Å². The van der Waals surface area contributed by atoms with Crippen LogP contribution in [-0.2, 0) is 30.9 Å². The number of fused-ring (bicyclic) bond motifs is 2. The maximum absolute atomic E-state index is 13.7. The Morgan fingerprint density at radius 3 is 2.36 bits per heavy atom. The van der Waals surface area contributed by atoms with E-state index in [1.165, 1.54) is 11.1 Å². The molecule has 1 aliphatic carbocycles. The third kappa shape index (κ3) is 7.00. The summed E-state index contributed by atoms with van der Waals surface area (Å²) in [5.74, 6) is -0.500. The molecule has 1 saturated heterocycles. The number of carbonyl (C=O) groups excluding carboxylic acids is 3. The van der Waals surface area contributed by atoms with Crippen molar-refractivity contribution >= 4 is 18.0 Å². The highest BCUT2D eigenvalue weighted by atomic mass is 16.6. The average Bonchev–Trinajstić information content (AvgIpc) is 3.22. The Balaban J connectivity index is 1.44. The number of nitrogens with zero attached hydrogens (tertiary/aromatic N) is 1. The smallest absolute Gasteiger partial charge is 0.408 e. The van der Waals surface area contributed by atoms with Crippen molar-refractivity contribution < 1.29 is 23.9 Å². The zero-order valence-corrected chi connectivity index (χ0v) is 23.7. The number of aryl methyl sites for hydroxylation is 1. The summed E-state index contributed by atoms with van der Waals surface area (Å²) in [5.41, 5.74) is 2.68. The van der Waals surface area contributed by atoms with Gasteiger partial charge in [0.15, 0.2) is 0 Å². The van der Waals surface area contributed by atoms with Gasteiger partial charge in [0.2, 0.25) is 5.91 Å². The van der Waals surface area contributed by atoms with Crippen molar-refractivity contribution in [2.75, 3.05) is 19.7 Å². The van der Waals surface area contributed by atoms with Crippen molar-refractivity contribution in [2.24, 2.45) is 0 Å². The molecule has 1 fully saturated rings. The van der Waals surface area contributed by atoms with Crippen LogP contribution in [-0.4, -0.2) is 54.2 Å². The van der Waals surface area contributed by atoms with Crippen LogP contribution in [0.5, 0.6) is 0 Å². The molecule has 2 aromatic carbocycles. The quantitative estimate of drug-likeness (QED) is 0.451. The zero-order valence-electron chi connectivity index (χ0n) is 23.7. The van der Waals surface area contributed by atoms with Crippen molar-refractivity contribution in [3.8, 4) is 0 Å². The summed E-state index contributed by atoms with van der Waals surface area (Å²) in [5, 5.41) is 2.86. The fourth-order valence-corrected chi connectivity index (χ4v) is 6.06. The van der Waals surface area contributed by atoms with Gasteiger partial charge in [-0.15, -0.1) is 0 Å². The van der Waals surface area contributed by atoms with Gasteiger partial charge in [-0.2, -0.15) is 0 Å². The predicted octanol–water partition coefficient (Wildman–Crippen LogP) is 5.51. The molecule has 1 N–H and O–H groups in total. The van der Waals surface area contributed by atoms with Gasteiger partial charge < -0.3 is 19.7 Å². The predicted molar refractivity (Wildman–Crippen MR) is 150 cm³/mol. The lowest BCUT2D eigenvalue weighted by atomic mass is 9.73. The van der Waals surface area contributed by atoms with Crippen molar-refractivity contribution in [3.63, 3.8) is 0 Å². The summed E-state index contributed by atoms with van der Waals surface area (Å²) in [7, 11) is 0. The Kier molecular flexibility index (Phi) is 8.98. The summed E-state index contributed by atoms with van der Waals surface area (Å²) in [6.07, 6.45) is 3.81. The van der Waals surface area contributed by atoms with Crippen LogP contribution in [0.4, 0.5) is 4.79 Å². The van der Waals surface area contributed by atoms with E-state index in [1.54, 1.807) is 0 Å². The van der Waals surface area contributed by atoms with E-state index in [0.717, 1.165) is 31.2 Å². The van der Waals surface area contributed by atoms with Crippen molar-refractivity contribution in [3.05, 3.63) is 71.3 Å². The standard InChI is InChI=1S/C32H42N2O5/c1-5-38-29(36)25-22-32(26-16-10-9-15-24(25)26)18-20-34(21-19-32)28(35)27(33-30(37)39-31(2,3)4)17-11-14-23-12-7-6-8-13-23/h6-10,12-13,15-16,25,27H,5,11,14,17-22H2,1-4H3,(H,33,37). The number of hydrogen-bond donors (Lipinski definition) is 1. The molecule has 7 heteroatoms. The highest BCUT2D eigenvalue weighted by Gasteiger charge is 2.48. The minimum absolute atomic E-state index is 0.0722. The number of amides is 2. The number of ether oxygens (including phenoxy) is 2. The second-order valence-corrected chi connectivity index (χ2v) is 11.8. The third-order valence-electron chi connectivity index (χ3n) is 7.90. The van der Waals surface area contributed by atoms with Crippen LogP contribution >= 0.6 is 0 Å². The summed E-state index contributed by atoms with van der Waals surface area (Å²) >= 11 is 0. The molecule has 210 valence electrons. The molecule has 1 aliphatic heterocycles. The molecule has 2 aliphatic rings. The fraction of sp³-hybridized carbons (Fsp3) is 0.531. The van der Waals surface area contributed by atoms with E-state index < -0.39 is 17.7 Å². The number of piperidine rings is 1. The van der Waals surface area contributed by atoms with E-state index in [9.17, 15) is 14.4 Å². The molecule has 4 rings (SSSR count). The summed E-state index contributed by atoms with van der Waals surface area (Å²) in [6.45, 7) is 8.79. The monoisotopic (exact) mass is 534 g/mol. The molecule has 0 aromatic heterocycles. The molecule has 1 spiro atoms. The molecule has 39 heavy (non-hydrogen) atoms. The van der Waals surface area contributed by atoms with Gasteiger partial charge in [0.05, 0.1) is 12.5 Å². The van der Waals surface area contributed by atoms with Crippen molar-refractivity contribution in [1.82, 2.24) is 10.2 Å². The maximum Gasteiger partial charge on any atom is 0.408 e. The SMILES string of the molecule is CCOC(=O)C1CC2(CCN(C(=O)C(CCCc3ccccc3)NC(=O)OC(C)(C)C)CC2)c2ccccc21. The number of nitrogens with one attached hydrogen (secondary N) is 1. The normalized spacial score (nSPS) is 18.8. The summed E-state index contributed by atoms with van der Waals surface area (Å²) in [4.78, 5) is 41.0. The first-order chi connectivity index (χ1) is 18.6. The minimum Gasteiger partial charge on any atom is -0.466 e. The van der Waals surface area contributed by atoms with Crippen LogP contribution in [0.25, 0.3) is 0 Å². The first kappa shape index (κ1) is 28.7. The van der Waals surface area contributed by atoms with Gasteiger partial charge in [-0.25, -0.2) is 4.79 Å². The Hall–Kier alpha value is -3.35. The lowest BCUT2D eigenvalue weighted by molar-refractivity contribution is -0.145. The molecule has 2 aromatic rings. The van der Waals surface area contributed by atoms with E-state index in [1.807, 2.05) is 69.0 Å². The first-order valence-electron chi connectivity index (χ1n) is 14.2. The van der Waals surface area contributed by atoms with Crippen LogP contribution < -0.4 is 5.32 Å². The highest BCUT2D eigenvalue weighted by Crippen LogP contribution is 2.52. The Morgan fingerprint density at radius 1 is 1.03 bits per heavy atom. The van der Waals surface area contributed by atoms with Crippen LogP contribution in [0.2, 0.25) is 0 Å². The van der Waals surface area contributed by atoms with Crippen LogP contribution in [0.3, 0.4) is 0 Å². The Morgan fingerprint density at radius 2 is 1.69 bits per heavy atom. The number of rotatable bonds is 8. The first-order valence-corrected chi connectivity index (χ1v) is 14.2. The minimum atomic E-state index is -0.652. The van der Waals surface area contributed by atoms with Crippen molar-refractivity contribution in [2.45, 2.75) is 89.2 Å². The van der Waals surface area contributed by atoms with Gasteiger partial charge in [-0.1, -0.05) is 54.6 Å². The molecule has 0 radical (unpaired) electrons. The fourth-order valence-electron chi connectivity index (χ4n) is 6.06. The van der Waals surface area contributed by atoms with Gasteiger partial charge in [-0.3, -0.25) is 9.59 Å². The highest BCUT2D eigenvalue weighted by molar-refractivity contribution is 5.86. The van der Waals surface area contributed by atoms with E-state index in [4.69, 9.17) is 9.47 Å². The van der Waals surface area contributed by atoms with E-state index in [2.05, 4.69) is 23.5 Å². The lowest BCUT2D eigenvalue weighted by Crippen LogP contribution is -2.53. The molecule has 0 saturated carbocycles. The number of alkyl carbamates (subject to hydrolysis) is 1. The third-order valence-corrected chi connectivity index (χ3v) is 7.90. The molecular formula is C32H42N2O5. The van der Waals surface area contributed by atoms with Gasteiger partial charge in [0.1, 0.15) is 11.6 Å².